The summed E-state index contributed by atoms with van der Waals surface area (Å²) in [6.45, 7) is 1.94. The average Bonchev–Trinajstić information content (AvgIpc) is 2.68. The minimum atomic E-state index is -0.419. The maximum atomic E-state index is 12.8. The molecule has 6 heteroatoms. The fourth-order valence-corrected chi connectivity index (χ4v) is 2.93. The number of rotatable bonds is 5. The van der Waals surface area contributed by atoms with Gasteiger partial charge in [0.25, 0.3) is 11.8 Å². The largest absolute Gasteiger partial charge is 0.321 e. The van der Waals surface area contributed by atoms with Crippen molar-refractivity contribution in [1.82, 2.24) is 10.3 Å². The van der Waals surface area contributed by atoms with E-state index in [1.165, 1.54) is 0 Å². The van der Waals surface area contributed by atoms with Crippen LogP contribution < -0.4 is 10.6 Å². The zero-order chi connectivity index (χ0) is 19.9. The number of hydrogen-bond donors (Lipinski definition) is 2. The van der Waals surface area contributed by atoms with Gasteiger partial charge < -0.3 is 10.6 Å². The van der Waals surface area contributed by atoms with Crippen molar-refractivity contribution >= 4 is 39.5 Å². The molecule has 1 aromatic heterocycles. The van der Waals surface area contributed by atoms with Crippen LogP contribution in [0, 0.1) is 6.92 Å². The first-order valence-corrected chi connectivity index (χ1v) is 9.37. The van der Waals surface area contributed by atoms with E-state index in [0.717, 1.165) is 10.0 Å². The summed E-state index contributed by atoms with van der Waals surface area (Å²) in [5, 5.41) is 5.52. The van der Waals surface area contributed by atoms with Crippen molar-refractivity contribution in [2.75, 3.05) is 5.32 Å². The Morgan fingerprint density at radius 1 is 1.04 bits per heavy atom. The molecule has 0 bridgehead atoms. The van der Waals surface area contributed by atoms with Crippen LogP contribution in [-0.4, -0.2) is 16.8 Å². The van der Waals surface area contributed by atoms with E-state index in [-0.39, 0.29) is 11.6 Å². The molecule has 0 radical (unpaired) electrons. The normalized spacial score (nSPS) is 11.0. The van der Waals surface area contributed by atoms with Crippen LogP contribution in [0.2, 0.25) is 0 Å². The second-order valence-corrected chi connectivity index (χ2v) is 7.05. The summed E-state index contributed by atoms with van der Waals surface area (Å²) in [5.74, 6) is -0.798. The maximum Gasteiger partial charge on any atom is 0.272 e. The number of nitrogens with one attached hydrogen (secondary N) is 2. The fraction of sp³-hybridized carbons (Fsp3) is 0.0455. The van der Waals surface area contributed by atoms with Crippen LogP contribution in [0.4, 0.5) is 5.69 Å². The molecule has 0 aliphatic carbocycles. The summed E-state index contributed by atoms with van der Waals surface area (Å²) < 4.78 is 0.780. The van der Waals surface area contributed by atoms with Gasteiger partial charge in [0.05, 0.1) is 0 Å². The van der Waals surface area contributed by atoms with Gasteiger partial charge in [-0.25, -0.2) is 0 Å². The van der Waals surface area contributed by atoms with Crippen molar-refractivity contribution in [3.8, 4) is 0 Å². The van der Waals surface area contributed by atoms with E-state index in [1.807, 2.05) is 31.2 Å². The molecule has 3 aromatic rings. The number of anilines is 1. The second kappa shape index (κ2) is 9.10. The Morgan fingerprint density at radius 2 is 1.86 bits per heavy atom. The highest BCUT2D eigenvalue weighted by atomic mass is 79.9. The zero-order valence-electron chi connectivity index (χ0n) is 15.1. The summed E-state index contributed by atoms with van der Waals surface area (Å²) in [7, 11) is 0. The first-order valence-electron chi connectivity index (χ1n) is 8.58. The minimum absolute atomic E-state index is 0.125. The van der Waals surface area contributed by atoms with E-state index in [2.05, 4.69) is 31.5 Å². The summed E-state index contributed by atoms with van der Waals surface area (Å²) in [5.41, 5.74) is 2.94. The van der Waals surface area contributed by atoms with Crippen molar-refractivity contribution < 1.29 is 9.59 Å². The molecular weight excluding hydrogens is 418 g/mol. The quantitative estimate of drug-likeness (QED) is 0.576. The van der Waals surface area contributed by atoms with Gasteiger partial charge in [-0.2, -0.15) is 0 Å². The second-order valence-electron chi connectivity index (χ2n) is 6.13. The Balaban J connectivity index is 1.87. The first-order chi connectivity index (χ1) is 13.5. The van der Waals surface area contributed by atoms with Crippen LogP contribution in [0.25, 0.3) is 6.08 Å². The van der Waals surface area contributed by atoms with Gasteiger partial charge in [0, 0.05) is 28.1 Å². The van der Waals surface area contributed by atoms with Gasteiger partial charge in [-0.1, -0.05) is 40.2 Å². The smallest absolute Gasteiger partial charge is 0.272 e. The van der Waals surface area contributed by atoms with Crippen LogP contribution in [0.15, 0.2) is 83.2 Å². The Kier molecular flexibility index (Phi) is 6.34. The molecule has 0 aliphatic rings. The van der Waals surface area contributed by atoms with Gasteiger partial charge in [-0.05, 0) is 60.5 Å². The van der Waals surface area contributed by atoms with Crippen LogP contribution in [0.1, 0.15) is 21.5 Å². The number of aryl methyl sites for hydroxylation is 1. The van der Waals surface area contributed by atoms with Crippen LogP contribution in [0.3, 0.4) is 0 Å². The molecule has 2 N–H and O–H groups in total. The van der Waals surface area contributed by atoms with Crippen LogP contribution in [0.5, 0.6) is 0 Å². The van der Waals surface area contributed by atoms with Crippen LogP contribution >= 0.6 is 15.9 Å². The molecule has 0 unspecified atom stereocenters. The molecule has 0 saturated carbocycles. The lowest BCUT2D eigenvalue weighted by molar-refractivity contribution is -0.113. The Labute approximate surface area is 171 Å². The molecule has 28 heavy (non-hydrogen) atoms. The summed E-state index contributed by atoms with van der Waals surface area (Å²) in [6.07, 6.45) is 4.85. The molecule has 3 rings (SSSR count). The SMILES string of the molecule is Cc1cccc(NC(=O)/C(=C\c2cccnc2)NC(=O)c2cccc(Br)c2)c1. The lowest BCUT2D eigenvalue weighted by Gasteiger charge is -2.12. The third kappa shape index (κ3) is 5.37. The van der Waals surface area contributed by atoms with Crippen LogP contribution in [-0.2, 0) is 4.79 Å². The van der Waals surface area contributed by atoms with Crippen molar-refractivity contribution in [1.29, 1.82) is 0 Å². The summed E-state index contributed by atoms with van der Waals surface area (Å²) in [6, 6.07) is 18.0. The average molecular weight is 436 g/mol. The number of hydrogen-bond acceptors (Lipinski definition) is 3. The lowest BCUT2D eigenvalue weighted by atomic mass is 10.2. The standard InChI is InChI=1S/C22H18BrN3O2/c1-15-5-2-9-19(11-15)25-22(28)20(12-16-6-4-10-24-14-16)26-21(27)17-7-3-8-18(23)13-17/h2-14H,1H3,(H,25,28)(H,26,27)/b20-12+. The van der Waals surface area contributed by atoms with Crippen molar-refractivity contribution in [2.24, 2.45) is 0 Å². The van der Waals surface area contributed by atoms with Gasteiger partial charge in [0.1, 0.15) is 5.70 Å². The molecule has 0 atom stereocenters. The fourth-order valence-electron chi connectivity index (χ4n) is 2.53. The molecule has 2 amide bonds. The third-order valence-corrected chi connectivity index (χ3v) is 4.34. The number of benzene rings is 2. The molecule has 0 saturated heterocycles. The monoisotopic (exact) mass is 435 g/mol. The number of carbonyl (C=O) groups is 2. The Bertz CT molecular complexity index is 1030. The van der Waals surface area contributed by atoms with Gasteiger partial charge in [0.15, 0.2) is 0 Å². The predicted octanol–water partition coefficient (Wildman–Crippen LogP) is 4.56. The summed E-state index contributed by atoms with van der Waals surface area (Å²) in [4.78, 5) is 29.5. The third-order valence-electron chi connectivity index (χ3n) is 3.85. The molecule has 140 valence electrons. The van der Waals surface area contributed by atoms with E-state index in [0.29, 0.717) is 16.8 Å². The first kappa shape index (κ1) is 19.5. The number of nitrogens with zero attached hydrogens (tertiary/aromatic N) is 1. The van der Waals surface area contributed by atoms with Gasteiger partial charge in [-0.3, -0.25) is 14.6 Å². The highest BCUT2D eigenvalue weighted by Crippen LogP contribution is 2.14. The summed E-state index contributed by atoms with van der Waals surface area (Å²) >= 11 is 3.35. The molecule has 5 nitrogen and oxygen atoms in total. The van der Waals surface area contributed by atoms with Gasteiger partial charge in [-0.15, -0.1) is 0 Å². The molecule has 2 aromatic carbocycles. The number of aromatic nitrogens is 1. The zero-order valence-corrected chi connectivity index (χ0v) is 16.7. The number of pyridine rings is 1. The van der Waals surface area contributed by atoms with E-state index in [4.69, 9.17) is 0 Å². The Hall–Kier alpha value is -3.25. The van der Waals surface area contributed by atoms with Gasteiger partial charge >= 0.3 is 0 Å². The highest BCUT2D eigenvalue weighted by Gasteiger charge is 2.15. The molecule has 0 fully saturated rings. The van der Waals surface area contributed by atoms with E-state index in [1.54, 1.807) is 54.9 Å². The lowest BCUT2D eigenvalue weighted by Crippen LogP contribution is -2.30. The van der Waals surface area contributed by atoms with E-state index in [9.17, 15) is 9.59 Å². The minimum Gasteiger partial charge on any atom is -0.321 e. The number of halogens is 1. The van der Waals surface area contributed by atoms with E-state index >= 15 is 0 Å². The van der Waals surface area contributed by atoms with Crippen molar-refractivity contribution in [2.45, 2.75) is 6.92 Å². The number of amides is 2. The highest BCUT2D eigenvalue weighted by molar-refractivity contribution is 9.10. The van der Waals surface area contributed by atoms with Gasteiger partial charge in [0.2, 0.25) is 0 Å². The number of carbonyl (C=O) groups excluding carboxylic acids is 2. The molecule has 0 aliphatic heterocycles. The maximum absolute atomic E-state index is 12.8. The van der Waals surface area contributed by atoms with Crippen molar-refractivity contribution in [3.63, 3.8) is 0 Å². The molecular formula is C22H18BrN3O2. The van der Waals surface area contributed by atoms with Crippen molar-refractivity contribution in [3.05, 3.63) is 99.9 Å². The predicted molar refractivity (Wildman–Crippen MR) is 114 cm³/mol. The topological polar surface area (TPSA) is 71.1 Å². The Morgan fingerprint density at radius 3 is 2.57 bits per heavy atom. The molecule has 1 heterocycles. The molecule has 0 spiro atoms. The van der Waals surface area contributed by atoms with E-state index < -0.39 is 5.91 Å².